The van der Waals surface area contributed by atoms with Crippen LogP contribution in [0.25, 0.3) is 28.1 Å². The Morgan fingerprint density at radius 2 is 1.38 bits per heavy atom. The maximum absolute atomic E-state index is 3.47. The molecular formula is C37H47N2P. The molecule has 0 saturated heterocycles. The molecule has 0 fully saturated rings. The lowest BCUT2D eigenvalue weighted by atomic mass is 9.89. The van der Waals surface area contributed by atoms with E-state index in [1.807, 2.05) is 6.07 Å². The number of hydrogen-bond acceptors (Lipinski definition) is 1. The Morgan fingerprint density at radius 1 is 0.750 bits per heavy atom. The topological polar surface area (TPSA) is 27.8 Å². The van der Waals surface area contributed by atoms with Crippen LogP contribution in [0.3, 0.4) is 0 Å². The molecule has 0 saturated carbocycles. The van der Waals surface area contributed by atoms with Crippen molar-refractivity contribution in [1.29, 1.82) is 0 Å². The largest absolute Gasteiger partial charge is 0.381 e. The predicted octanol–water partition coefficient (Wildman–Crippen LogP) is 10.3. The first-order valence-electron chi connectivity index (χ1n) is 14.2. The minimum Gasteiger partial charge on any atom is -0.381 e. The highest BCUT2D eigenvalue weighted by Gasteiger charge is 2.16. The molecule has 0 spiro atoms. The molecule has 4 aromatic rings. The van der Waals surface area contributed by atoms with E-state index < -0.39 is 0 Å². The van der Waals surface area contributed by atoms with Gasteiger partial charge in [-0.1, -0.05) is 112 Å². The molecule has 3 aromatic carbocycles. The van der Waals surface area contributed by atoms with Crippen LogP contribution in [0.15, 0.2) is 109 Å². The van der Waals surface area contributed by atoms with Crippen LogP contribution >= 0.6 is 7.92 Å². The molecule has 210 valence electrons. The van der Waals surface area contributed by atoms with Gasteiger partial charge in [0.1, 0.15) is 0 Å². The number of H-pyrrole nitrogens is 1. The first kappa shape index (κ1) is 31.2. The van der Waals surface area contributed by atoms with E-state index in [9.17, 15) is 0 Å². The van der Waals surface area contributed by atoms with E-state index in [0.29, 0.717) is 7.92 Å². The van der Waals surface area contributed by atoms with Crippen molar-refractivity contribution in [3.05, 3.63) is 126 Å². The van der Waals surface area contributed by atoms with E-state index in [-0.39, 0.29) is 5.41 Å². The van der Waals surface area contributed by atoms with Crippen molar-refractivity contribution < 1.29 is 0 Å². The number of aromatic amines is 1. The normalized spacial score (nSPS) is 12.7. The van der Waals surface area contributed by atoms with E-state index >= 15 is 0 Å². The molecule has 2 nitrogen and oxygen atoms in total. The summed E-state index contributed by atoms with van der Waals surface area (Å²) in [5.74, 6) is 0. The standard InChI is InChI=1S/C20H21N.C14H17N.C3H9P/c1-20(2,3)18-13-19(21-14-18)17-11-7-10-16(12-17)15-8-5-4-6-9-15;1-3-12-8-9-14(15-10-12)13-7-5-4-6-11(13)2;1-4(2)3/h4-14,21H,1-3H3;4-9,15H,3,10H2,1-2H3;1-3H3. The van der Waals surface area contributed by atoms with Gasteiger partial charge in [0.2, 0.25) is 0 Å². The predicted molar refractivity (Wildman–Crippen MR) is 181 cm³/mol. The molecule has 1 aliphatic heterocycles. The molecule has 40 heavy (non-hydrogen) atoms. The average Bonchev–Trinajstić information content (AvgIpc) is 3.46. The van der Waals surface area contributed by atoms with Crippen molar-refractivity contribution >= 4 is 13.6 Å². The Kier molecular flexibility index (Phi) is 11.6. The van der Waals surface area contributed by atoms with E-state index in [1.165, 1.54) is 50.3 Å². The summed E-state index contributed by atoms with van der Waals surface area (Å²) in [6.45, 7) is 18.7. The van der Waals surface area contributed by atoms with Crippen molar-refractivity contribution in [3.8, 4) is 22.4 Å². The van der Waals surface area contributed by atoms with Crippen molar-refractivity contribution in [2.45, 2.75) is 46.5 Å². The number of aromatic nitrogens is 1. The highest BCUT2D eigenvalue weighted by Crippen LogP contribution is 2.29. The zero-order chi connectivity index (χ0) is 29.1. The van der Waals surface area contributed by atoms with Gasteiger partial charge in [-0.2, -0.15) is 0 Å². The third-order valence-corrected chi connectivity index (χ3v) is 6.71. The second-order valence-corrected chi connectivity index (χ2v) is 14.5. The zero-order valence-electron chi connectivity index (χ0n) is 25.7. The lowest BCUT2D eigenvalue weighted by Crippen LogP contribution is -2.18. The lowest BCUT2D eigenvalue weighted by Gasteiger charge is -2.18. The Hall–Kier alpha value is -3.35. The minimum atomic E-state index is 0.172. The first-order chi connectivity index (χ1) is 19.1. The third-order valence-electron chi connectivity index (χ3n) is 6.71. The number of hydrogen-bond donors (Lipinski definition) is 2. The van der Waals surface area contributed by atoms with Crippen LogP contribution in [0.4, 0.5) is 0 Å². The first-order valence-corrected chi connectivity index (χ1v) is 16.9. The number of nitrogens with one attached hydrogen (secondary N) is 2. The van der Waals surface area contributed by atoms with Crippen LogP contribution in [-0.4, -0.2) is 31.5 Å². The molecule has 1 aromatic heterocycles. The number of rotatable bonds is 4. The van der Waals surface area contributed by atoms with E-state index in [1.54, 1.807) is 0 Å². The molecule has 2 N–H and O–H groups in total. The summed E-state index contributed by atoms with van der Waals surface area (Å²) in [6, 6.07) is 29.9. The Balaban J connectivity index is 0.000000203. The van der Waals surface area contributed by atoms with Gasteiger partial charge in [-0.05, 0) is 84.8 Å². The van der Waals surface area contributed by atoms with E-state index in [0.717, 1.165) is 13.0 Å². The quantitative estimate of drug-likeness (QED) is 0.243. The minimum absolute atomic E-state index is 0.172. The van der Waals surface area contributed by atoms with Crippen LogP contribution in [0, 0.1) is 6.92 Å². The fourth-order valence-corrected chi connectivity index (χ4v) is 4.32. The molecule has 0 atom stereocenters. The van der Waals surface area contributed by atoms with Crippen molar-refractivity contribution in [2.24, 2.45) is 0 Å². The number of benzene rings is 3. The molecular weight excluding hydrogens is 503 g/mol. The van der Waals surface area contributed by atoms with Gasteiger partial charge in [-0.15, -0.1) is 7.92 Å². The molecule has 2 heterocycles. The zero-order valence-corrected chi connectivity index (χ0v) is 26.6. The summed E-state index contributed by atoms with van der Waals surface area (Å²) in [6.07, 6.45) is 7.66. The third kappa shape index (κ3) is 9.39. The summed E-state index contributed by atoms with van der Waals surface area (Å²) in [7, 11) is 0.380. The maximum atomic E-state index is 3.47. The summed E-state index contributed by atoms with van der Waals surface area (Å²) >= 11 is 0. The van der Waals surface area contributed by atoms with Gasteiger partial charge in [-0.25, -0.2) is 0 Å². The van der Waals surface area contributed by atoms with Crippen molar-refractivity contribution in [2.75, 3.05) is 26.5 Å². The fraction of sp³-hybridized carbons (Fsp3) is 0.297. The van der Waals surface area contributed by atoms with Crippen molar-refractivity contribution in [1.82, 2.24) is 10.3 Å². The second kappa shape index (κ2) is 14.9. The Bertz CT molecular complexity index is 1400. The van der Waals surface area contributed by atoms with Crippen LogP contribution in [0.5, 0.6) is 0 Å². The van der Waals surface area contributed by atoms with Gasteiger partial charge in [-0.3, -0.25) is 0 Å². The number of dihydropyridines is 1. The Morgan fingerprint density at radius 3 is 1.95 bits per heavy atom. The summed E-state index contributed by atoms with van der Waals surface area (Å²) in [5.41, 5.74) is 11.8. The molecule has 3 heteroatoms. The Labute approximate surface area is 244 Å². The summed E-state index contributed by atoms with van der Waals surface area (Å²) in [5, 5.41) is 3.47. The highest BCUT2D eigenvalue weighted by molar-refractivity contribution is 7.55. The highest BCUT2D eigenvalue weighted by atomic mass is 31.1. The monoisotopic (exact) mass is 550 g/mol. The van der Waals surface area contributed by atoms with Gasteiger partial charge in [0, 0.05) is 29.7 Å². The van der Waals surface area contributed by atoms with Gasteiger partial charge >= 0.3 is 0 Å². The van der Waals surface area contributed by atoms with Gasteiger partial charge < -0.3 is 10.3 Å². The average molecular weight is 551 g/mol. The number of allylic oxidation sites excluding steroid dienone is 2. The van der Waals surface area contributed by atoms with Crippen LogP contribution in [0.2, 0.25) is 0 Å². The summed E-state index contributed by atoms with van der Waals surface area (Å²) in [4.78, 5) is 3.41. The molecule has 0 radical (unpaired) electrons. The molecule has 0 bridgehead atoms. The van der Waals surface area contributed by atoms with E-state index in [4.69, 9.17) is 0 Å². The molecule has 5 rings (SSSR count). The summed E-state index contributed by atoms with van der Waals surface area (Å²) < 4.78 is 0. The second-order valence-electron chi connectivity index (χ2n) is 11.8. The van der Waals surface area contributed by atoms with Crippen LogP contribution in [0.1, 0.15) is 50.8 Å². The lowest BCUT2D eigenvalue weighted by molar-refractivity contribution is 0.591. The van der Waals surface area contributed by atoms with Crippen molar-refractivity contribution in [3.63, 3.8) is 0 Å². The number of aryl methyl sites for hydroxylation is 1. The van der Waals surface area contributed by atoms with E-state index in [2.05, 4.69) is 162 Å². The van der Waals surface area contributed by atoms with Crippen LogP contribution < -0.4 is 5.32 Å². The van der Waals surface area contributed by atoms with Gasteiger partial charge in [0.25, 0.3) is 0 Å². The SMILES string of the molecule is CC(C)(C)c1c[nH]c(-c2cccc(-c3ccccc3)c2)c1.CCC1=CC=C(c2ccccc2C)NC1.CP(C)C. The molecule has 0 aliphatic carbocycles. The molecule has 1 aliphatic rings. The fourth-order valence-electron chi connectivity index (χ4n) is 4.32. The van der Waals surface area contributed by atoms with Gasteiger partial charge in [0.15, 0.2) is 0 Å². The maximum Gasteiger partial charge on any atom is 0.0457 e. The smallest absolute Gasteiger partial charge is 0.0457 e. The molecule has 0 unspecified atom stereocenters. The van der Waals surface area contributed by atoms with Gasteiger partial charge in [0.05, 0.1) is 0 Å². The van der Waals surface area contributed by atoms with Crippen LogP contribution in [-0.2, 0) is 5.41 Å². The molecule has 0 amide bonds.